The van der Waals surface area contributed by atoms with Gasteiger partial charge in [-0.1, -0.05) is 5.16 Å². The maximum absolute atomic E-state index is 12.3. The molecule has 0 spiro atoms. The summed E-state index contributed by atoms with van der Waals surface area (Å²) in [5, 5.41) is 6.81. The Morgan fingerprint density at radius 2 is 2.14 bits per heavy atom. The van der Waals surface area contributed by atoms with Crippen molar-refractivity contribution in [2.75, 3.05) is 12.8 Å². The van der Waals surface area contributed by atoms with Gasteiger partial charge in [0.1, 0.15) is 11.5 Å². The van der Waals surface area contributed by atoms with Crippen LogP contribution in [-0.2, 0) is 0 Å². The van der Waals surface area contributed by atoms with Crippen LogP contribution in [0.5, 0.6) is 5.75 Å². The number of rotatable bonds is 4. The highest BCUT2D eigenvalue weighted by Crippen LogP contribution is 2.24. The van der Waals surface area contributed by atoms with Crippen molar-refractivity contribution in [1.82, 2.24) is 10.5 Å². The number of nitrogens with two attached hydrogens (primary N) is 1. The lowest BCUT2D eigenvalue weighted by Gasteiger charge is -2.14. The summed E-state index contributed by atoms with van der Waals surface area (Å²) in [6.07, 6.45) is 0. The number of aryl methyl sites for hydroxylation is 2. The fourth-order valence-electron chi connectivity index (χ4n) is 2.31. The quantitative estimate of drug-likeness (QED) is 0.843. The molecule has 6 nitrogen and oxygen atoms in total. The first-order valence-electron chi connectivity index (χ1n) is 6.61. The van der Waals surface area contributed by atoms with Crippen LogP contribution < -0.4 is 15.8 Å². The third-order valence-corrected chi connectivity index (χ3v) is 3.36. The Hall–Kier alpha value is -2.50. The highest BCUT2D eigenvalue weighted by molar-refractivity contribution is 5.95. The Balaban J connectivity index is 2.18. The number of ether oxygens (including phenoxy) is 1. The fourth-order valence-corrected chi connectivity index (χ4v) is 2.31. The molecule has 1 amide bonds. The summed E-state index contributed by atoms with van der Waals surface area (Å²) in [5.74, 6) is 0.976. The first kappa shape index (κ1) is 14.9. The van der Waals surface area contributed by atoms with Crippen LogP contribution in [0.15, 0.2) is 22.7 Å². The topological polar surface area (TPSA) is 90.4 Å². The summed E-state index contributed by atoms with van der Waals surface area (Å²) < 4.78 is 10.2. The standard InChI is InChI=1S/C15H19N3O3/c1-8(14-9(2)18-21-10(14)3)17-15(19)11-5-6-12(16)13(7-11)20-4/h5-8H,16H2,1-4H3,(H,17,19). The van der Waals surface area contributed by atoms with E-state index in [0.29, 0.717) is 22.8 Å². The molecule has 2 rings (SSSR count). The average molecular weight is 289 g/mol. The van der Waals surface area contributed by atoms with Crippen molar-refractivity contribution in [3.05, 3.63) is 40.8 Å². The summed E-state index contributed by atoms with van der Waals surface area (Å²) in [6.45, 7) is 5.56. The van der Waals surface area contributed by atoms with Gasteiger partial charge in [0.2, 0.25) is 0 Å². The van der Waals surface area contributed by atoms with Gasteiger partial charge >= 0.3 is 0 Å². The van der Waals surface area contributed by atoms with Crippen LogP contribution >= 0.6 is 0 Å². The molecule has 0 aliphatic rings. The van der Waals surface area contributed by atoms with Crippen LogP contribution in [0.3, 0.4) is 0 Å². The van der Waals surface area contributed by atoms with E-state index in [-0.39, 0.29) is 11.9 Å². The van der Waals surface area contributed by atoms with Gasteiger partial charge in [-0.2, -0.15) is 0 Å². The minimum absolute atomic E-state index is 0.202. The van der Waals surface area contributed by atoms with Crippen molar-refractivity contribution in [3.8, 4) is 5.75 Å². The third-order valence-electron chi connectivity index (χ3n) is 3.36. The molecular formula is C15H19N3O3. The van der Waals surface area contributed by atoms with Gasteiger partial charge in [0.05, 0.1) is 24.5 Å². The molecule has 0 saturated heterocycles. The molecule has 2 aromatic rings. The summed E-state index contributed by atoms with van der Waals surface area (Å²) in [5.41, 5.74) is 8.39. The van der Waals surface area contributed by atoms with Gasteiger partial charge in [0, 0.05) is 11.1 Å². The van der Waals surface area contributed by atoms with Gasteiger partial charge < -0.3 is 20.3 Å². The van der Waals surface area contributed by atoms with Gasteiger partial charge in [-0.25, -0.2) is 0 Å². The molecule has 1 atom stereocenters. The lowest BCUT2D eigenvalue weighted by atomic mass is 10.1. The SMILES string of the molecule is COc1cc(C(=O)NC(C)c2c(C)noc2C)ccc1N. The molecule has 3 N–H and O–H groups in total. The number of carbonyl (C=O) groups is 1. The van der Waals surface area contributed by atoms with Gasteiger partial charge in [0.15, 0.2) is 0 Å². The predicted molar refractivity (Wildman–Crippen MR) is 79.3 cm³/mol. The molecule has 1 aromatic heterocycles. The maximum Gasteiger partial charge on any atom is 0.251 e. The number of nitrogens with zero attached hydrogens (tertiary/aromatic N) is 1. The molecule has 0 radical (unpaired) electrons. The van der Waals surface area contributed by atoms with Crippen molar-refractivity contribution < 1.29 is 14.1 Å². The lowest BCUT2D eigenvalue weighted by Crippen LogP contribution is -2.27. The highest BCUT2D eigenvalue weighted by atomic mass is 16.5. The average Bonchev–Trinajstić information content (AvgIpc) is 2.78. The van der Waals surface area contributed by atoms with E-state index < -0.39 is 0 Å². The van der Waals surface area contributed by atoms with Crippen LogP contribution in [0.25, 0.3) is 0 Å². The van der Waals surface area contributed by atoms with Crippen molar-refractivity contribution in [3.63, 3.8) is 0 Å². The number of anilines is 1. The molecule has 6 heteroatoms. The summed E-state index contributed by atoms with van der Waals surface area (Å²) >= 11 is 0. The first-order chi connectivity index (χ1) is 9.93. The lowest BCUT2D eigenvalue weighted by molar-refractivity contribution is 0.0939. The zero-order valence-electron chi connectivity index (χ0n) is 12.6. The minimum Gasteiger partial charge on any atom is -0.495 e. The van der Waals surface area contributed by atoms with Gasteiger partial charge in [-0.3, -0.25) is 4.79 Å². The van der Waals surface area contributed by atoms with Gasteiger partial charge in [0.25, 0.3) is 5.91 Å². The van der Waals surface area contributed by atoms with Crippen LogP contribution in [0.1, 0.15) is 40.3 Å². The Morgan fingerprint density at radius 3 is 2.71 bits per heavy atom. The molecule has 0 saturated carbocycles. The zero-order valence-corrected chi connectivity index (χ0v) is 12.6. The minimum atomic E-state index is -0.208. The highest BCUT2D eigenvalue weighted by Gasteiger charge is 2.19. The van der Waals surface area contributed by atoms with E-state index in [9.17, 15) is 4.79 Å². The third kappa shape index (κ3) is 2.99. The summed E-state index contributed by atoms with van der Waals surface area (Å²) in [4.78, 5) is 12.3. The largest absolute Gasteiger partial charge is 0.495 e. The first-order valence-corrected chi connectivity index (χ1v) is 6.61. The van der Waals surface area contributed by atoms with Crippen molar-refractivity contribution >= 4 is 11.6 Å². The van der Waals surface area contributed by atoms with Crippen molar-refractivity contribution in [2.45, 2.75) is 26.8 Å². The number of aromatic nitrogens is 1. The van der Waals surface area contributed by atoms with E-state index in [0.717, 1.165) is 11.3 Å². The van der Waals surface area contributed by atoms with Crippen LogP contribution in [-0.4, -0.2) is 18.2 Å². The van der Waals surface area contributed by atoms with Crippen LogP contribution in [0.4, 0.5) is 5.69 Å². The second-order valence-corrected chi connectivity index (χ2v) is 4.89. The summed E-state index contributed by atoms with van der Waals surface area (Å²) in [7, 11) is 1.51. The predicted octanol–water partition coefficient (Wildman–Crippen LogP) is 2.37. The molecule has 1 aromatic carbocycles. The van der Waals surface area contributed by atoms with Crippen molar-refractivity contribution in [1.29, 1.82) is 0 Å². The number of amides is 1. The normalized spacial score (nSPS) is 12.0. The number of nitrogens with one attached hydrogen (secondary N) is 1. The number of methoxy groups -OCH3 is 1. The van der Waals surface area contributed by atoms with E-state index in [1.165, 1.54) is 7.11 Å². The number of benzene rings is 1. The zero-order chi connectivity index (χ0) is 15.6. The van der Waals surface area contributed by atoms with E-state index in [2.05, 4.69) is 10.5 Å². The molecular weight excluding hydrogens is 270 g/mol. The molecule has 0 fully saturated rings. The van der Waals surface area contributed by atoms with E-state index >= 15 is 0 Å². The monoisotopic (exact) mass is 289 g/mol. The van der Waals surface area contributed by atoms with E-state index in [1.54, 1.807) is 18.2 Å². The molecule has 112 valence electrons. The van der Waals surface area contributed by atoms with E-state index in [4.69, 9.17) is 15.0 Å². The second-order valence-electron chi connectivity index (χ2n) is 4.89. The molecule has 1 unspecified atom stereocenters. The summed E-state index contributed by atoms with van der Waals surface area (Å²) in [6, 6.07) is 4.72. The Bertz CT molecular complexity index is 645. The number of hydrogen-bond donors (Lipinski definition) is 2. The van der Waals surface area contributed by atoms with Crippen molar-refractivity contribution in [2.24, 2.45) is 0 Å². The van der Waals surface area contributed by atoms with Crippen LogP contribution in [0.2, 0.25) is 0 Å². The number of nitrogen functional groups attached to an aromatic ring is 1. The number of hydrogen-bond acceptors (Lipinski definition) is 5. The van der Waals surface area contributed by atoms with Gasteiger partial charge in [-0.15, -0.1) is 0 Å². The van der Waals surface area contributed by atoms with Gasteiger partial charge in [-0.05, 0) is 39.0 Å². The Kier molecular flexibility index (Phi) is 4.16. The Labute approximate surface area is 123 Å². The Morgan fingerprint density at radius 1 is 1.43 bits per heavy atom. The molecule has 21 heavy (non-hydrogen) atoms. The molecule has 0 bridgehead atoms. The number of carbonyl (C=O) groups excluding carboxylic acids is 1. The smallest absolute Gasteiger partial charge is 0.251 e. The fraction of sp³-hybridized carbons (Fsp3) is 0.333. The van der Waals surface area contributed by atoms with E-state index in [1.807, 2.05) is 20.8 Å². The molecule has 0 aliphatic heterocycles. The van der Waals surface area contributed by atoms with Crippen LogP contribution in [0, 0.1) is 13.8 Å². The maximum atomic E-state index is 12.3. The molecule has 1 heterocycles. The molecule has 0 aliphatic carbocycles. The second kappa shape index (κ2) is 5.87.